The second-order valence-electron chi connectivity index (χ2n) is 8.04. The number of hydrogen-bond acceptors (Lipinski definition) is 3. The van der Waals surface area contributed by atoms with Crippen LogP contribution in [0.15, 0.2) is 72.8 Å². The van der Waals surface area contributed by atoms with E-state index in [0.717, 1.165) is 51.7 Å². The Kier molecular flexibility index (Phi) is 6.06. The molecule has 3 nitrogen and oxygen atoms in total. The van der Waals surface area contributed by atoms with E-state index in [1.807, 2.05) is 60.7 Å². The summed E-state index contributed by atoms with van der Waals surface area (Å²) >= 11 is 6.70. The van der Waals surface area contributed by atoms with Crippen molar-refractivity contribution in [2.24, 2.45) is 0 Å². The smallest absolute Gasteiger partial charge is 0.137 e. The first-order chi connectivity index (χ1) is 15.7. The zero-order chi connectivity index (χ0) is 21.9. The van der Waals surface area contributed by atoms with Crippen LogP contribution in [0.25, 0.3) is 21.9 Å². The maximum absolute atomic E-state index is 13.6. The lowest BCUT2D eigenvalue weighted by atomic mass is 9.87. The van der Waals surface area contributed by atoms with Crippen LogP contribution >= 0.6 is 11.6 Å². The van der Waals surface area contributed by atoms with Crippen LogP contribution in [0.5, 0.6) is 5.75 Å². The van der Waals surface area contributed by atoms with Crippen LogP contribution in [-0.4, -0.2) is 18.2 Å². The van der Waals surface area contributed by atoms with Crippen molar-refractivity contribution >= 4 is 22.4 Å². The van der Waals surface area contributed by atoms with E-state index in [1.54, 1.807) is 0 Å². The summed E-state index contributed by atoms with van der Waals surface area (Å²) in [6.07, 6.45) is 1.78. The van der Waals surface area contributed by atoms with E-state index in [4.69, 9.17) is 26.1 Å². The third-order valence-electron chi connectivity index (χ3n) is 5.95. The molecular weight excluding hydrogens is 425 g/mol. The number of benzene rings is 3. The molecule has 1 aliphatic rings. The molecule has 5 rings (SSSR count). The second kappa shape index (κ2) is 9.27. The first-order valence-electron chi connectivity index (χ1n) is 10.8. The van der Waals surface area contributed by atoms with Gasteiger partial charge in [0.25, 0.3) is 0 Å². The summed E-state index contributed by atoms with van der Waals surface area (Å²) < 4.78 is 25.2. The zero-order valence-corrected chi connectivity index (χ0v) is 18.3. The average Bonchev–Trinajstić information content (AvgIpc) is 2.85. The first-order valence-corrected chi connectivity index (χ1v) is 11.2. The maximum Gasteiger partial charge on any atom is 0.137 e. The van der Waals surface area contributed by atoms with Crippen molar-refractivity contribution in [3.8, 4) is 16.9 Å². The predicted molar refractivity (Wildman–Crippen MR) is 126 cm³/mol. The molecule has 1 aromatic heterocycles. The van der Waals surface area contributed by atoms with Crippen LogP contribution in [0.3, 0.4) is 0 Å². The van der Waals surface area contributed by atoms with Crippen molar-refractivity contribution in [2.45, 2.75) is 25.4 Å². The van der Waals surface area contributed by atoms with Gasteiger partial charge >= 0.3 is 0 Å². The fourth-order valence-electron chi connectivity index (χ4n) is 4.29. The van der Waals surface area contributed by atoms with E-state index in [2.05, 4.69) is 0 Å². The molecular formula is C27H23ClFNO2. The highest BCUT2D eigenvalue weighted by Crippen LogP contribution is 2.41. The van der Waals surface area contributed by atoms with E-state index < -0.39 is 0 Å². The predicted octanol–water partition coefficient (Wildman–Crippen LogP) is 7.17. The number of hydrogen-bond donors (Lipinski definition) is 0. The molecule has 0 aliphatic carbocycles. The van der Waals surface area contributed by atoms with Crippen molar-refractivity contribution in [3.63, 3.8) is 0 Å². The van der Waals surface area contributed by atoms with Gasteiger partial charge in [-0.15, -0.1) is 0 Å². The summed E-state index contributed by atoms with van der Waals surface area (Å²) in [5.74, 6) is 0.720. The van der Waals surface area contributed by atoms with Crippen LogP contribution in [0.2, 0.25) is 5.15 Å². The molecule has 4 aromatic rings. The molecule has 1 saturated heterocycles. The molecule has 0 radical (unpaired) electrons. The third kappa shape index (κ3) is 4.34. The summed E-state index contributed by atoms with van der Waals surface area (Å²) in [6.45, 7) is 1.89. The Morgan fingerprint density at radius 2 is 1.69 bits per heavy atom. The molecule has 162 valence electrons. The lowest BCUT2D eigenvalue weighted by Crippen LogP contribution is -2.16. The maximum atomic E-state index is 13.6. The summed E-state index contributed by atoms with van der Waals surface area (Å²) in [5.41, 5.74) is 3.99. The second-order valence-corrected chi connectivity index (χ2v) is 8.40. The minimum Gasteiger partial charge on any atom is -0.489 e. The Balaban J connectivity index is 1.59. The molecule has 0 N–H and O–H groups in total. The SMILES string of the molecule is Fc1ccc(-c2c(C3CCOCC3)nc(Cl)c3cc(OCc4ccccc4)ccc23)cc1. The summed E-state index contributed by atoms with van der Waals surface area (Å²) in [5, 5.41) is 2.27. The largest absolute Gasteiger partial charge is 0.489 e. The van der Waals surface area contributed by atoms with E-state index >= 15 is 0 Å². The van der Waals surface area contributed by atoms with Crippen LogP contribution in [0, 0.1) is 5.82 Å². The Labute approximate surface area is 191 Å². The molecule has 5 heteroatoms. The molecule has 0 atom stereocenters. The summed E-state index contributed by atoms with van der Waals surface area (Å²) in [6, 6.07) is 22.6. The first kappa shape index (κ1) is 20.9. The van der Waals surface area contributed by atoms with Crippen molar-refractivity contribution in [1.29, 1.82) is 0 Å². The van der Waals surface area contributed by atoms with Crippen LogP contribution in [0.1, 0.15) is 30.0 Å². The molecule has 0 amide bonds. The van der Waals surface area contributed by atoms with Gasteiger partial charge in [-0.1, -0.05) is 54.1 Å². The Hall–Kier alpha value is -2.95. The summed E-state index contributed by atoms with van der Waals surface area (Å²) in [4.78, 5) is 4.84. The number of halogens is 2. The van der Waals surface area contributed by atoms with Crippen molar-refractivity contribution < 1.29 is 13.9 Å². The van der Waals surface area contributed by atoms with Gasteiger partial charge in [-0.05, 0) is 59.7 Å². The monoisotopic (exact) mass is 447 g/mol. The van der Waals surface area contributed by atoms with Gasteiger partial charge in [0.1, 0.15) is 23.3 Å². The number of fused-ring (bicyclic) bond motifs is 1. The van der Waals surface area contributed by atoms with Gasteiger partial charge in [-0.3, -0.25) is 0 Å². The number of aromatic nitrogens is 1. The van der Waals surface area contributed by atoms with E-state index in [1.165, 1.54) is 12.1 Å². The Morgan fingerprint density at radius 1 is 0.938 bits per heavy atom. The highest BCUT2D eigenvalue weighted by molar-refractivity contribution is 6.35. The topological polar surface area (TPSA) is 31.4 Å². The lowest BCUT2D eigenvalue weighted by Gasteiger charge is -2.25. The number of pyridine rings is 1. The molecule has 0 bridgehead atoms. The molecule has 0 saturated carbocycles. The summed E-state index contributed by atoms with van der Waals surface area (Å²) in [7, 11) is 0. The van der Waals surface area contributed by atoms with E-state index in [0.29, 0.717) is 25.0 Å². The molecule has 0 spiro atoms. The Bertz CT molecular complexity index is 1220. The van der Waals surface area contributed by atoms with Crippen LogP contribution in [0.4, 0.5) is 4.39 Å². The lowest BCUT2D eigenvalue weighted by molar-refractivity contribution is 0.0846. The fraction of sp³-hybridized carbons (Fsp3) is 0.222. The fourth-order valence-corrected chi connectivity index (χ4v) is 4.54. The number of nitrogens with zero attached hydrogens (tertiary/aromatic N) is 1. The highest BCUT2D eigenvalue weighted by Gasteiger charge is 2.24. The number of ether oxygens (including phenoxy) is 2. The van der Waals surface area contributed by atoms with Crippen LogP contribution < -0.4 is 4.74 Å². The van der Waals surface area contributed by atoms with Crippen molar-refractivity contribution in [3.05, 3.63) is 95.0 Å². The van der Waals surface area contributed by atoms with Gasteiger partial charge in [0.2, 0.25) is 0 Å². The molecule has 0 unspecified atom stereocenters. The van der Waals surface area contributed by atoms with Gasteiger partial charge < -0.3 is 9.47 Å². The van der Waals surface area contributed by atoms with Gasteiger partial charge in [-0.2, -0.15) is 0 Å². The van der Waals surface area contributed by atoms with E-state index in [-0.39, 0.29) is 11.7 Å². The van der Waals surface area contributed by atoms with Crippen molar-refractivity contribution in [2.75, 3.05) is 13.2 Å². The van der Waals surface area contributed by atoms with Crippen LogP contribution in [-0.2, 0) is 11.3 Å². The third-order valence-corrected chi connectivity index (χ3v) is 6.23. The molecule has 32 heavy (non-hydrogen) atoms. The van der Waals surface area contributed by atoms with Gasteiger partial charge in [0, 0.05) is 30.1 Å². The average molecular weight is 448 g/mol. The van der Waals surface area contributed by atoms with E-state index in [9.17, 15) is 4.39 Å². The van der Waals surface area contributed by atoms with Gasteiger partial charge in [-0.25, -0.2) is 9.37 Å². The van der Waals surface area contributed by atoms with Gasteiger partial charge in [0.15, 0.2) is 0 Å². The van der Waals surface area contributed by atoms with Gasteiger partial charge in [0.05, 0.1) is 5.69 Å². The van der Waals surface area contributed by atoms with Crippen molar-refractivity contribution in [1.82, 2.24) is 4.98 Å². The zero-order valence-electron chi connectivity index (χ0n) is 17.6. The highest BCUT2D eigenvalue weighted by atomic mass is 35.5. The number of rotatable bonds is 5. The normalized spacial score (nSPS) is 14.6. The molecule has 3 aromatic carbocycles. The minimum absolute atomic E-state index is 0.250. The molecule has 1 fully saturated rings. The molecule has 1 aliphatic heterocycles. The minimum atomic E-state index is -0.260. The standard InChI is InChI=1S/C27H23ClFNO2/c28-27-24-16-22(32-17-18-4-2-1-3-5-18)10-11-23(24)25(19-6-8-21(29)9-7-19)26(30-27)20-12-14-31-15-13-20/h1-11,16,20H,12-15,17H2. The quantitative estimate of drug-likeness (QED) is 0.304. The molecule has 2 heterocycles. The Morgan fingerprint density at radius 3 is 2.44 bits per heavy atom.